The van der Waals surface area contributed by atoms with Crippen molar-refractivity contribution in [3.05, 3.63) is 94.0 Å². The van der Waals surface area contributed by atoms with Gasteiger partial charge in [-0.15, -0.1) is 0 Å². The standard InChI is InChI=1S/C29H32ClNO5S.Li/c1-20-5-3-4-6-24(20)26-17-22(19-36-15-14-35-18-21-7-10-23(30)11-8-21)9-12-25(26)28(32)31-27(29(33)34)13-16-37-2;/h3-12,17,27H,13-16,18-19H2,1-2H3,(H,31,32)(H,33,34);/q;+1. The van der Waals surface area contributed by atoms with Crippen LogP contribution in [0.5, 0.6) is 0 Å². The molecule has 0 saturated carbocycles. The van der Waals surface area contributed by atoms with Crippen LogP contribution in [-0.2, 0) is 27.5 Å². The van der Waals surface area contributed by atoms with E-state index in [0.29, 0.717) is 49.2 Å². The van der Waals surface area contributed by atoms with Gasteiger partial charge in [-0.1, -0.05) is 54.1 Å². The number of carboxylic acids is 1. The Balaban J connectivity index is 0.00000507. The summed E-state index contributed by atoms with van der Waals surface area (Å²) in [5, 5.41) is 12.9. The van der Waals surface area contributed by atoms with Crippen LogP contribution < -0.4 is 24.2 Å². The molecule has 3 aromatic rings. The number of amides is 1. The number of hydrogen-bond acceptors (Lipinski definition) is 5. The second kappa shape index (κ2) is 16.7. The van der Waals surface area contributed by atoms with E-state index in [4.69, 9.17) is 21.1 Å². The van der Waals surface area contributed by atoms with Gasteiger partial charge in [0, 0.05) is 10.6 Å². The molecule has 0 aliphatic heterocycles. The van der Waals surface area contributed by atoms with Crippen molar-refractivity contribution in [2.45, 2.75) is 32.6 Å². The second-order valence-electron chi connectivity index (χ2n) is 8.57. The molecule has 3 rings (SSSR count). The normalized spacial score (nSPS) is 11.4. The van der Waals surface area contributed by atoms with Crippen molar-refractivity contribution in [2.75, 3.05) is 25.2 Å². The Bertz CT molecular complexity index is 1190. The molecule has 0 heterocycles. The number of benzene rings is 3. The Morgan fingerprint density at radius 1 is 0.947 bits per heavy atom. The third-order valence-corrected chi connectivity index (χ3v) is 6.70. The van der Waals surface area contributed by atoms with Crippen molar-refractivity contribution in [3.8, 4) is 11.1 Å². The Morgan fingerprint density at radius 2 is 1.58 bits per heavy atom. The first kappa shape index (κ1) is 32.0. The van der Waals surface area contributed by atoms with Crippen molar-refractivity contribution in [1.82, 2.24) is 5.32 Å². The van der Waals surface area contributed by atoms with Gasteiger partial charge in [-0.2, -0.15) is 11.8 Å². The molecule has 38 heavy (non-hydrogen) atoms. The summed E-state index contributed by atoms with van der Waals surface area (Å²) in [4.78, 5) is 24.8. The minimum absolute atomic E-state index is 0. The monoisotopic (exact) mass is 548 g/mol. The first-order valence-electron chi connectivity index (χ1n) is 12.0. The van der Waals surface area contributed by atoms with Crippen LogP contribution >= 0.6 is 23.4 Å². The fraction of sp³-hybridized carbons (Fsp3) is 0.310. The van der Waals surface area contributed by atoms with E-state index in [9.17, 15) is 14.7 Å². The summed E-state index contributed by atoms with van der Waals surface area (Å²) >= 11 is 7.45. The number of carboxylic acid groups (broad SMARTS) is 1. The van der Waals surface area contributed by atoms with Crippen molar-refractivity contribution >= 4 is 35.2 Å². The van der Waals surface area contributed by atoms with E-state index < -0.39 is 17.9 Å². The largest absolute Gasteiger partial charge is 1.00 e. The number of carbonyl (C=O) groups is 2. The number of halogens is 1. The molecule has 0 aliphatic carbocycles. The molecule has 196 valence electrons. The third kappa shape index (κ3) is 9.81. The second-order valence-corrected chi connectivity index (χ2v) is 9.99. The van der Waals surface area contributed by atoms with Gasteiger partial charge in [0.1, 0.15) is 6.04 Å². The Hall–Kier alpha value is -2.24. The number of thioether (sulfide) groups is 1. The summed E-state index contributed by atoms with van der Waals surface area (Å²) in [6.45, 7) is 3.69. The summed E-state index contributed by atoms with van der Waals surface area (Å²) in [7, 11) is 0. The summed E-state index contributed by atoms with van der Waals surface area (Å²) in [6.07, 6.45) is 2.26. The summed E-state index contributed by atoms with van der Waals surface area (Å²) < 4.78 is 11.5. The molecule has 0 aromatic heterocycles. The number of carbonyl (C=O) groups excluding carboxylic acids is 1. The minimum atomic E-state index is -1.04. The summed E-state index contributed by atoms with van der Waals surface area (Å²) in [6, 6.07) is 19.9. The average Bonchev–Trinajstić information content (AvgIpc) is 2.89. The first-order valence-corrected chi connectivity index (χ1v) is 13.8. The van der Waals surface area contributed by atoms with Crippen molar-refractivity contribution in [3.63, 3.8) is 0 Å². The molecule has 0 spiro atoms. The third-order valence-electron chi connectivity index (χ3n) is 5.80. The molecule has 2 N–H and O–H groups in total. The van der Waals surface area contributed by atoms with E-state index >= 15 is 0 Å². The average molecular weight is 549 g/mol. The van der Waals surface area contributed by atoms with Crippen LogP contribution in [0.1, 0.15) is 33.5 Å². The molecule has 6 nitrogen and oxygen atoms in total. The van der Waals surface area contributed by atoms with E-state index in [1.54, 1.807) is 17.8 Å². The molecule has 1 unspecified atom stereocenters. The van der Waals surface area contributed by atoms with Crippen LogP contribution in [-0.4, -0.2) is 48.2 Å². The SMILES string of the molecule is CSCCC(NC(=O)c1ccc(COCCOCc2ccc(Cl)cc2)cc1-c1ccccc1C)C(=O)O.[Li+]. The maximum Gasteiger partial charge on any atom is 1.00 e. The Morgan fingerprint density at radius 3 is 2.21 bits per heavy atom. The summed E-state index contributed by atoms with van der Waals surface area (Å²) in [5.74, 6) is -0.806. The van der Waals surface area contributed by atoms with Gasteiger partial charge in [-0.25, -0.2) is 4.79 Å². The predicted octanol–water partition coefficient (Wildman–Crippen LogP) is 2.99. The first-order chi connectivity index (χ1) is 17.9. The van der Waals surface area contributed by atoms with Gasteiger partial charge in [0.15, 0.2) is 0 Å². The van der Waals surface area contributed by atoms with Crippen LogP contribution in [0.15, 0.2) is 66.7 Å². The van der Waals surface area contributed by atoms with Crippen LogP contribution in [0.25, 0.3) is 11.1 Å². The zero-order chi connectivity index (χ0) is 26.6. The van der Waals surface area contributed by atoms with Gasteiger partial charge in [-0.05, 0) is 77.4 Å². The van der Waals surface area contributed by atoms with Gasteiger partial charge < -0.3 is 19.9 Å². The van der Waals surface area contributed by atoms with Crippen molar-refractivity contribution in [2.24, 2.45) is 0 Å². The van der Waals surface area contributed by atoms with E-state index in [2.05, 4.69) is 5.32 Å². The van der Waals surface area contributed by atoms with Gasteiger partial charge in [0.25, 0.3) is 5.91 Å². The quantitative estimate of drug-likeness (QED) is 0.238. The van der Waals surface area contributed by atoms with Gasteiger partial charge in [-0.3, -0.25) is 4.79 Å². The van der Waals surface area contributed by atoms with Crippen LogP contribution in [0.3, 0.4) is 0 Å². The van der Waals surface area contributed by atoms with E-state index in [-0.39, 0.29) is 18.9 Å². The molecule has 0 saturated heterocycles. The van der Waals surface area contributed by atoms with Gasteiger partial charge in [0.2, 0.25) is 0 Å². The van der Waals surface area contributed by atoms with E-state index in [1.165, 1.54) is 0 Å². The number of nitrogens with one attached hydrogen (secondary N) is 1. The summed E-state index contributed by atoms with van der Waals surface area (Å²) in [5.41, 5.74) is 5.05. The molecule has 0 aliphatic rings. The zero-order valence-electron chi connectivity index (χ0n) is 22.0. The molecule has 1 amide bonds. The minimum Gasteiger partial charge on any atom is -0.480 e. The number of ether oxygens (including phenoxy) is 2. The fourth-order valence-electron chi connectivity index (χ4n) is 3.78. The number of aryl methyl sites for hydroxylation is 1. The fourth-order valence-corrected chi connectivity index (χ4v) is 4.38. The molecule has 0 radical (unpaired) electrons. The maximum absolute atomic E-state index is 13.2. The van der Waals surface area contributed by atoms with Crippen LogP contribution in [0, 0.1) is 6.92 Å². The van der Waals surface area contributed by atoms with E-state index in [1.807, 2.05) is 73.8 Å². The molecule has 0 bridgehead atoms. The molecule has 0 fully saturated rings. The van der Waals surface area contributed by atoms with Crippen molar-refractivity contribution < 1.29 is 43.0 Å². The smallest absolute Gasteiger partial charge is 0.480 e. The molecule has 9 heteroatoms. The molecular formula is C29H32ClLiNO5S+. The number of hydrogen-bond donors (Lipinski definition) is 2. The van der Waals surface area contributed by atoms with Gasteiger partial charge in [0.05, 0.1) is 26.4 Å². The Labute approximate surface area is 245 Å². The topological polar surface area (TPSA) is 84.9 Å². The number of rotatable bonds is 14. The maximum atomic E-state index is 13.2. The zero-order valence-corrected chi connectivity index (χ0v) is 23.6. The molecule has 3 aromatic carbocycles. The van der Waals surface area contributed by atoms with E-state index in [0.717, 1.165) is 27.8 Å². The van der Waals surface area contributed by atoms with Crippen LogP contribution in [0.4, 0.5) is 0 Å². The molecule has 1 atom stereocenters. The number of aliphatic carboxylic acids is 1. The van der Waals surface area contributed by atoms with Gasteiger partial charge >= 0.3 is 24.8 Å². The Kier molecular flexibility index (Phi) is 14.0. The van der Waals surface area contributed by atoms with Crippen LogP contribution in [0.2, 0.25) is 5.02 Å². The van der Waals surface area contributed by atoms with Crippen molar-refractivity contribution in [1.29, 1.82) is 0 Å². The predicted molar refractivity (Wildman–Crippen MR) is 149 cm³/mol. The molecular weight excluding hydrogens is 517 g/mol.